The van der Waals surface area contributed by atoms with Crippen LogP contribution in [0.4, 0.5) is 0 Å². The molecule has 1 aliphatic carbocycles. The number of rotatable bonds is 7. The molecule has 3 heteroatoms. The van der Waals surface area contributed by atoms with Crippen LogP contribution in [0.1, 0.15) is 46.0 Å². The molecule has 0 amide bonds. The fourth-order valence-electron chi connectivity index (χ4n) is 2.78. The zero-order valence-corrected chi connectivity index (χ0v) is 12.7. The van der Waals surface area contributed by atoms with Gasteiger partial charge in [-0.25, -0.2) is 0 Å². The van der Waals surface area contributed by atoms with E-state index >= 15 is 0 Å². The predicted octanol–water partition coefficient (Wildman–Crippen LogP) is 3.77. The topological polar surface area (TPSA) is 30.5 Å². The zero-order valence-electron chi connectivity index (χ0n) is 12.7. The standard InChI is InChI=1S/C17H27NO2/c1-3-13-19-16-11-7-8-12-17(16)20-15-10-6-5-9-14(15)18-4-2/h7-8,11-12,14-15,18H,3-6,9-10,13H2,1-2H3. The van der Waals surface area contributed by atoms with Crippen molar-refractivity contribution in [2.75, 3.05) is 13.2 Å². The van der Waals surface area contributed by atoms with Gasteiger partial charge in [0.1, 0.15) is 6.10 Å². The van der Waals surface area contributed by atoms with E-state index in [9.17, 15) is 0 Å². The Balaban J connectivity index is 2.03. The predicted molar refractivity (Wildman–Crippen MR) is 82.6 cm³/mol. The Bertz CT molecular complexity index is 392. The van der Waals surface area contributed by atoms with Gasteiger partial charge < -0.3 is 14.8 Å². The smallest absolute Gasteiger partial charge is 0.161 e. The van der Waals surface area contributed by atoms with Crippen molar-refractivity contribution in [3.8, 4) is 11.5 Å². The van der Waals surface area contributed by atoms with Crippen LogP contribution < -0.4 is 14.8 Å². The highest BCUT2D eigenvalue weighted by atomic mass is 16.5. The first-order chi connectivity index (χ1) is 9.85. The molecule has 3 nitrogen and oxygen atoms in total. The van der Waals surface area contributed by atoms with Crippen LogP contribution in [0.3, 0.4) is 0 Å². The van der Waals surface area contributed by atoms with Gasteiger partial charge in [0.15, 0.2) is 11.5 Å². The highest BCUT2D eigenvalue weighted by Gasteiger charge is 2.26. The molecule has 0 saturated heterocycles. The summed E-state index contributed by atoms with van der Waals surface area (Å²) in [6, 6.07) is 8.49. The third-order valence-electron chi connectivity index (χ3n) is 3.76. The summed E-state index contributed by atoms with van der Waals surface area (Å²) in [6.07, 6.45) is 6.15. The van der Waals surface area contributed by atoms with Gasteiger partial charge in [-0.05, 0) is 44.4 Å². The SMILES string of the molecule is CCCOc1ccccc1OC1CCCCC1NCC. The van der Waals surface area contributed by atoms with Crippen LogP contribution in [-0.4, -0.2) is 25.3 Å². The molecule has 1 aliphatic rings. The van der Waals surface area contributed by atoms with Crippen LogP contribution in [0.25, 0.3) is 0 Å². The van der Waals surface area contributed by atoms with Crippen molar-refractivity contribution in [1.82, 2.24) is 5.32 Å². The Morgan fingerprint density at radius 1 is 1.10 bits per heavy atom. The second-order valence-corrected chi connectivity index (χ2v) is 5.40. The molecule has 0 heterocycles. The van der Waals surface area contributed by atoms with Gasteiger partial charge in [-0.2, -0.15) is 0 Å². The number of benzene rings is 1. The summed E-state index contributed by atoms with van der Waals surface area (Å²) in [5.41, 5.74) is 0. The minimum atomic E-state index is 0.259. The highest BCUT2D eigenvalue weighted by molar-refractivity contribution is 5.39. The lowest BCUT2D eigenvalue weighted by molar-refractivity contribution is 0.110. The van der Waals surface area contributed by atoms with Crippen molar-refractivity contribution in [3.63, 3.8) is 0 Å². The number of para-hydroxylation sites is 2. The molecule has 1 aromatic carbocycles. The van der Waals surface area contributed by atoms with Gasteiger partial charge >= 0.3 is 0 Å². The van der Waals surface area contributed by atoms with Crippen molar-refractivity contribution < 1.29 is 9.47 Å². The molecule has 0 bridgehead atoms. The van der Waals surface area contributed by atoms with Gasteiger partial charge in [0.05, 0.1) is 6.61 Å². The van der Waals surface area contributed by atoms with Crippen LogP contribution >= 0.6 is 0 Å². The van der Waals surface area contributed by atoms with Crippen LogP contribution in [0.15, 0.2) is 24.3 Å². The number of likely N-dealkylation sites (N-methyl/N-ethyl adjacent to an activating group) is 1. The quantitative estimate of drug-likeness (QED) is 0.823. The van der Waals surface area contributed by atoms with Crippen molar-refractivity contribution in [1.29, 1.82) is 0 Å². The lowest BCUT2D eigenvalue weighted by Gasteiger charge is -2.32. The molecule has 2 atom stereocenters. The van der Waals surface area contributed by atoms with E-state index in [1.807, 2.05) is 24.3 Å². The number of ether oxygens (including phenoxy) is 2. The molecule has 0 aromatic heterocycles. The summed E-state index contributed by atoms with van der Waals surface area (Å²) in [6.45, 7) is 6.01. The summed E-state index contributed by atoms with van der Waals surface area (Å²) in [5, 5.41) is 3.55. The van der Waals surface area contributed by atoms with Gasteiger partial charge in [-0.1, -0.05) is 32.4 Å². The lowest BCUT2D eigenvalue weighted by atomic mass is 9.92. The maximum absolute atomic E-state index is 6.26. The van der Waals surface area contributed by atoms with Gasteiger partial charge in [0, 0.05) is 6.04 Å². The number of hydrogen-bond donors (Lipinski definition) is 1. The molecule has 0 spiro atoms. The van der Waals surface area contributed by atoms with E-state index in [0.29, 0.717) is 6.04 Å². The molecule has 2 rings (SSSR count). The van der Waals surface area contributed by atoms with E-state index in [4.69, 9.17) is 9.47 Å². The van der Waals surface area contributed by atoms with E-state index in [1.165, 1.54) is 19.3 Å². The highest BCUT2D eigenvalue weighted by Crippen LogP contribution is 2.31. The van der Waals surface area contributed by atoms with Crippen LogP contribution in [0, 0.1) is 0 Å². The number of nitrogens with one attached hydrogen (secondary N) is 1. The molecule has 0 radical (unpaired) electrons. The Morgan fingerprint density at radius 2 is 1.85 bits per heavy atom. The minimum absolute atomic E-state index is 0.259. The molecule has 0 aliphatic heterocycles. The van der Waals surface area contributed by atoms with E-state index in [2.05, 4.69) is 19.2 Å². The third-order valence-corrected chi connectivity index (χ3v) is 3.76. The molecule has 20 heavy (non-hydrogen) atoms. The van der Waals surface area contributed by atoms with Gasteiger partial charge in [0.2, 0.25) is 0 Å². The second kappa shape index (κ2) is 8.15. The first-order valence-electron chi connectivity index (χ1n) is 7.97. The first kappa shape index (κ1) is 15.2. The summed E-state index contributed by atoms with van der Waals surface area (Å²) in [5.74, 6) is 1.76. The summed E-state index contributed by atoms with van der Waals surface area (Å²) in [7, 11) is 0. The van der Waals surface area contributed by atoms with Gasteiger partial charge in [0.25, 0.3) is 0 Å². The van der Waals surface area contributed by atoms with E-state index in [0.717, 1.165) is 37.5 Å². The van der Waals surface area contributed by atoms with E-state index in [-0.39, 0.29) is 6.10 Å². The van der Waals surface area contributed by atoms with E-state index < -0.39 is 0 Å². The van der Waals surface area contributed by atoms with Crippen molar-refractivity contribution in [3.05, 3.63) is 24.3 Å². The molecule has 1 N–H and O–H groups in total. The molecular weight excluding hydrogens is 250 g/mol. The lowest BCUT2D eigenvalue weighted by Crippen LogP contribution is -2.45. The fourth-order valence-corrected chi connectivity index (χ4v) is 2.78. The molecule has 2 unspecified atom stereocenters. The second-order valence-electron chi connectivity index (χ2n) is 5.40. The summed E-state index contributed by atoms with van der Waals surface area (Å²) < 4.78 is 12.0. The van der Waals surface area contributed by atoms with Crippen molar-refractivity contribution in [2.24, 2.45) is 0 Å². The van der Waals surface area contributed by atoms with Crippen LogP contribution in [-0.2, 0) is 0 Å². The average molecular weight is 277 g/mol. The zero-order chi connectivity index (χ0) is 14.2. The van der Waals surface area contributed by atoms with Crippen molar-refractivity contribution >= 4 is 0 Å². The first-order valence-corrected chi connectivity index (χ1v) is 7.97. The molecule has 1 fully saturated rings. The Morgan fingerprint density at radius 3 is 2.60 bits per heavy atom. The normalized spacial score (nSPS) is 22.5. The van der Waals surface area contributed by atoms with Crippen LogP contribution in [0.2, 0.25) is 0 Å². The summed E-state index contributed by atoms with van der Waals surface area (Å²) >= 11 is 0. The molecule has 1 saturated carbocycles. The van der Waals surface area contributed by atoms with Crippen LogP contribution in [0.5, 0.6) is 11.5 Å². The molecule has 112 valence electrons. The fraction of sp³-hybridized carbons (Fsp3) is 0.647. The average Bonchev–Trinajstić information content (AvgIpc) is 2.49. The van der Waals surface area contributed by atoms with Gasteiger partial charge in [-0.3, -0.25) is 0 Å². The molecule has 1 aromatic rings. The Kier molecular flexibility index (Phi) is 6.19. The largest absolute Gasteiger partial charge is 0.490 e. The monoisotopic (exact) mass is 277 g/mol. The Labute approximate surface area is 122 Å². The summed E-state index contributed by atoms with van der Waals surface area (Å²) in [4.78, 5) is 0. The maximum Gasteiger partial charge on any atom is 0.161 e. The van der Waals surface area contributed by atoms with E-state index in [1.54, 1.807) is 0 Å². The van der Waals surface area contributed by atoms with Gasteiger partial charge in [-0.15, -0.1) is 0 Å². The Hall–Kier alpha value is -1.22. The maximum atomic E-state index is 6.26. The third kappa shape index (κ3) is 4.14. The number of hydrogen-bond acceptors (Lipinski definition) is 3. The minimum Gasteiger partial charge on any atom is -0.490 e. The van der Waals surface area contributed by atoms with Crippen molar-refractivity contribution in [2.45, 2.75) is 58.1 Å². The molecular formula is C17H27NO2.